The molecule has 144 valence electrons. The Balaban J connectivity index is 1.47. The Morgan fingerprint density at radius 2 is 1.96 bits per heavy atom. The zero-order chi connectivity index (χ0) is 19.1. The SMILES string of the molecule is O=C(c1cnc2c(c1)OCCN2c1ccc2c(=O)[nH]oc2c1)N1CCCCC1. The first-order chi connectivity index (χ1) is 13.7. The highest BCUT2D eigenvalue weighted by Crippen LogP contribution is 2.36. The van der Waals surface area contributed by atoms with Crippen molar-refractivity contribution in [1.82, 2.24) is 15.0 Å². The van der Waals surface area contributed by atoms with Crippen LogP contribution in [-0.4, -0.2) is 47.2 Å². The van der Waals surface area contributed by atoms with Crippen molar-refractivity contribution < 1.29 is 14.1 Å². The Hall–Kier alpha value is -3.29. The number of hydrogen-bond acceptors (Lipinski definition) is 6. The Morgan fingerprint density at radius 3 is 2.82 bits per heavy atom. The lowest BCUT2D eigenvalue weighted by molar-refractivity contribution is 0.0723. The maximum absolute atomic E-state index is 12.8. The maximum atomic E-state index is 12.8. The summed E-state index contributed by atoms with van der Waals surface area (Å²) in [6.07, 6.45) is 4.89. The van der Waals surface area contributed by atoms with Gasteiger partial charge < -0.3 is 19.1 Å². The van der Waals surface area contributed by atoms with Crippen LogP contribution in [0.3, 0.4) is 0 Å². The minimum Gasteiger partial charge on any atom is -0.488 e. The summed E-state index contributed by atoms with van der Waals surface area (Å²) < 4.78 is 11.0. The van der Waals surface area contributed by atoms with Gasteiger partial charge in [-0.1, -0.05) is 0 Å². The molecule has 0 saturated carbocycles. The number of aromatic nitrogens is 2. The monoisotopic (exact) mass is 380 g/mol. The van der Waals surface area contributed by atoms with Crippen LogP contribution in [0.2, 0.25) is 0 Å². The molecule has 2 aliphatic rings. The standard InChI is InChI=1S/C20H20N4O4/c25-19-15-5-4-14(11-16(15)28-22-19)24-8-9-27-17-10-13(12-21-18(17)24)20(26)23-6-2-1-3-7-23/h4-5,10-12H,1-3,6-9H2,(H,22,25). The molecule has 0 bridgehead atoms. The molecule has 0 spiro atoms. The zero-order valence-electron chi connectivity index (χ0n) is 15.3. The zero-order valence-corrected chi connectivity index (χ0v) is 15.3. The van der Waals surface area contributed by atoms with Gasteiger partial charge in [0.25, 0.3) is 11.5 Å². The third-order valence-corrected chi connectivity index (χ3v) is 5.33. The van der Waals surface area contributed by atoms with Crippen LogP contribution in [0, 0.1) is 0 Å². The van der Waals surface area contributed by atoms with E-state index in [1.165, 1.54) is 6.42 Å². The Kier molecular flexibility index (Phi) is 4.03. The van der Waals surface area contributed by atoms with Crippen LogP contribution in [0.15, 0.2) is 39.8 Å². The molecule has 1 N–H and O–H groups in total. The minimum absolute atomic E-state index is 0.00578. The molecule has 3 aromatic rings. The molecule has 2 aromatic heterocycles. The molecule has 8 nitrogen and oxygen atoms in total. The quantitative estimate of drug-likeness (QED) is 0.735. The van der Waals surface area contributed by atoms with E-state index in [2.05, 4.69) is 10.1 Å². The lowest BCUT2D eigenvalue weighted by Crippen LogP contribution is -2.36. The van der Waals surface area contributed by atoms with Gasteiger partial charge in [-0.2, -0.15) is 5.16 Å². The molecule has 0 aliphatic carbocycles. The lowest BCUT2D eigenvalue weighted by atomic mass is 10.1. The summed E-state index contributed by atoms with van der Waals surface area (Å²) in [5.41, 5.74) is 1.65. The molecule has 4 heterocycles. The normalized spacial score (nSPS) is 16.7. The number of carbonyl (C=O) groups is 1. The van der Waals surface area contributed by atoms with E-state index in [1.54, 1.807) is 24.4 Å². The van der Waals surface area contributed by atoms with Crippen LogP contribution in [-0.2, 0) is 0 Å². The first kappa shape index (κ1) is 16.9. The molecule has 1 amide bonds. The van der Waals surface area contributed by atoms with Gasteiger partial charge in [-0.25, -0.2) is 4.98 Å². The van der Waals surface area contributed by atoms with E-state index in [0.717, 1.165) is 31.6 Å². The number of fused-ring (bicyclic) bond motifs is 2. The second kappa shape index (κ2) is 6.70. The number of aromatic amines is 1. The molecular weight excluding hydrogens is 360 g/mol. The van der Waals surface area contributed by atoms with Crippen molar-refractivity contribution in [2.75, 3.05) is 31.1 Å². The topological polar surface area (TPSA) is 91.7 Å². The fourth-order valence-electron chi connectivity index (χ4n) is 3.85. The number of H-pyrrole nitrogens is 1. The number of likely N-dealkylation sites (tertiary alicyclic amines) is 1. The van der Waals surface area contributed by atoms with Crippen molar-refractivity contribution in [3.8, 4) is 5.75 Å². The van der Waals surface area contributed by atoms with Crippen molar-refractivity contribution in [1.29, 1.82) is 0 Å². The molecule has 0 unspecified atom stereocenters. The van der Waals surface area contributed by atoms with Gasteiger partial charge >= 0.3 is 0 Å². The molecule has 28 heavy (non-hydrogen) atoms. The predicted molar refractivity (Wildman–Crippen MR) is 103 cm³/mol. The van der Waals surface area contributed by atoms with Gasteiger partial charge in [-0.15, -0.1) is 0 Å². The third kappa shape index (κ3) is 2.81. The molecule has 5 rings (SSSR count). The maximum Gasteiger partial charge on any atom is 0.287 e. The van der Waals surface area contributed by atoms with E-state index < -0.39 is 0 Å². The molecule has 8 heteroatoms. The van der Waals surface area contributed by atoms with E-state index in [0.29, 0.717) is 41.3 Å². The summed E-state index contributed by atoms with van der Waals surface area (Å²) in [7, 11) is 0. The number of amides is 1. The predicted octanol–water partition coefficient (Wildman–Crippen LogP) is 2.67. The summed E-state index contributed by atoms with van der Waals surface area (Å²) in [5, 5.41) is 2.85. The van der Waals surface area contributed by atoms with Gasteiger partial charge in [-0.05, 0) is 37.5 Å². The largest absolute Gasteiger partial charge is 0.488 e. The number of pyridine rings is 1. The highest BCUT2D eigenvalue weighted by Gasteiger charge is 2.25. The molecule has 0 radical (unpaired) electrons. The fraction of sp³-hybridized carbons (Fsp3) is 0.350. The molecule has 0 atom stereocenters. The highest BCUT2D eigenvalue weighted by molar-refractivity contribution is 5.95. The van der Waals surface area contributed by atoms with Crippen molar-refractivity contribution in [2.24, 2.45) is 0 Å². The average Bonchev–Trinajstić information content (AvgIpc) is 3.13. The van der Waals surface area contributed by atoms with Crippen molar-refractivity contribution >= 4 is 28.4 Å². The number of anilines is 2. The van der Waals surface area contributed by atoms with Crippen LogP contribution >= 0.6 is 0 Å². The van der Waals surface area contributed by atoms with Crippen LogP contribution in [0.4, 0.5) is 11.5 Å². The van der Waals surface area contributed by atoms with Crippen LogP contribution in [0.1, 0.15) is 29.6 Å². The smallest absolute Gasteiger partial charge is 0.287 e. The van der Waals surface area contributed by atoms with E-state index in [-0.39, 0.29) is 11.5 Å². The number of nitrogens with one attached hydrogen (secondary N) is 1. The first-order valence-electron chi connectivity index (χ1n) is 9.51. The lowest BCUT2D eigenvalue weighted by Gasteiger charge is -2.31. The van der Waals surface area contributed by atoms with E-state index in [4.69, 9.17) is 9.26 Å². The molecule has 1 fully saturated rings. The van der Waals surface area contributed by atoms with E-state index in [1.807, 2.05) is 15.9 Å². The van der Waals surface area contributed by atoms with Gasteiger partial charge in [0.1, 0.15) is 6.61 Å². The van der Waals surface area contributed by atoms with Crippen molar-refractivity contribution in [2.45, 2.75) is 19.3 Å². The van der Waals surface area contributed by atoms with Gasteiger partial charge in [0.15, 0.2) is 17.2 Å². The Morgan fingerprint density at radius 1 is 1.11 bits per heavy atom. The number of benzene rings is 1. The second-order valence-corrected chi connectivity index (χ2v) is 7.11. The van der Waals surface area contributed by atoms with Gasteiger partial charge in [0, 0.05) is 31.0 Å². The molecule has 2 aliphatic heterocycles. The van der Waals surface area contributed by atoms with Gasteiger partial charge in [0.05, 0.1) is 17.5 Å². The number of nitrogens with zero attached hydrogens (tertiary/aromatic N) is 3. The summed E-state index contributed by atoms with van der Waals surface area (Å²) in [4.78, 5) is 32.8. The van der Waals surface area contributed by atoms with Gasteiger partial charge in [0.2, 0.25) is 0 Å². The number of hydrogen-bond donors (Lipinski definition) is 1. The molecule has 1 aromatic carbocycles. The van der Waals surface area contributed by atoms with Crippen LogP contribution in [0.25, 0.3) is 11.0 Å². The number of carbonyl (C=O) groups excluding carboxylic acids is 1. The number of piperidine rings is 1. The summed E-state index contributed by atoms with van der Waals surface area (Å²) in [5.74, 6) is 1.25. The Labute approximate surface area is 160 Å². The minimum atomic E-state index is -0.247. The summed E-state index contributed by atoms with van der Waals surface area (Å²) in [6.45, 7) is 2.68. The summed E-state index contributed by atoms with van der Waals surface area (Å²) >= 11 is 0. The third-order valence-electron chi connectivity index (χ3n) is 5.33. The first-order valence-corrected chi connectivity index (χ1v) is 9.51. The highest BCUT2D eigenvalue weighted by atomic mass is 16.5. The van der Waals surface area contributed by atoms with Crippen molar-refractivity contribution in [3.05, 3.63) is 46.4 Å². The van der Waals surface area contributed by atoms with Crippen LogP contribution in [0.5, 0.6) is 5.75 Å². The number of rotatable bonds is 2. The molecule has 1 saturated heterocycles. The van der Waals surface area contributed by atoms with Crippen molar-refractivity contribution in [3.63, 3.8) is 0 Å². The average molecular weight is 380 g/mol. The number of ether oxygens (including phenoxy) is 1. The van der Waals surface area contributed by atoms with E-state index in [9.17, 15) is 9.59 Å². The van der Waals surface area contributed by atoms with Gasteiger partial charge in [-0.3, -0.25) is 9.59 Å². The van der Waals surface area contributed by atoms with Crippen LogP contribution < -0.4 is 15.2 Å². The summed E-state index contributed by atoms with van der Waals surface area (Å²) in [6, 6.07) is 7.17. The molecular formula is C20H20N4O4. The second-order valence-electron chi connectivity index (χ2n) is 7.11. The fourth-order valence-corrected chi connectivity index (χ4v) is 3.85. The Bertz CT molecular complexity index is 1100. The van der Waals surface area contributed by atoms with E-state index >= 15 is 0 Å².